The van der Waals surface area contributed by atoms with Gasteiger partial charge < -0.3 is 9.55 Å². The number of halogens is 1. The number of hydrogen-bond acceptors (Lipinski definition) is 2. The van der Waals surface area contributed by atoms with Crippen LogP contribution in [0.15, 0.2) is 48.8 Å². The molecule has 0 saturated heterocycles. The molecule has 3 rings (SSSR count). The summed E-state index contributed by atoms with van der Waals surface area (Å²) in [6.07, 6.45) is 3.51. The summed E-state index contributed by atoms with van der Waals surface area (Å²) in [6, 6.07) is 10.5. The molecule has 0 unspecified atom stereocenters. The molecule has 0 spiro atoms. The molecular weight excluding hydrogens is 297 g/mol. The molecule has 0 fully saturated rings. The Hall–Kier alpha value is -2.27. The predicted molar refractivity (Wildman–Crippen MR) is 88.6 cm³/mol. The van der Waals surface area contributed by atoms with E-state index >= 15 is 0 Å². The van der Waals surface area contributed by atoms with Gasteiger partial charge in [-0.1, -0.05) is 0 Å². The third-order valence-corrected chi connectivity index (χ3v) is 3.83. The molecule has 0 aliphatic heterocycles. The Bertz CT molecular complexity index is 833. The van der Waals surface area contributed by atoms with E-state index in [0.717, 1.165) is 22.5 Å². The van der Waals surface area contributed by atoms with Crippen molar-refractivity contribution in [1.29, 1.82) is 0 Å². The van der Waals surface area contributed by atoms with E-state index in [2.05, 4.69) is 28.4 Å². The van der Waals surface area contributed by atoms with Gasteiger partial charge in [0.05, 0.1) is 11.4 Å². The molecule has 2 heterocycles. The van der Waals surface area contributed by atoms with Gasteiger partial charge in [0.2, 0.25) is 0 Å². The van der Waals surface area contributed by atoms with Crippen LogP contribution in [0.1, 0.15) is 19.9 Å². The fraction of sp³-hybridized carbons (Fsp3) is 0.176. The highest BCUT2D eigenvalue weighted by atomic mass is 32.1. The second-order valence-corrected chi connectivity index (χ2v) is 5.75. The lowest BCUT2D eigenvalue weighted by Gasteiger charge is -2.13. The van der Waals surface area contributed by atoms with Crippen LogP contribution < -0.4 is 0 Å². The lowest BCUT2D eigenvalue weighted by atomic mass is 10.1. The number of H-pyrrole nitrogens is 1. The predicted octanol–water partition coefficient (Wildman–Crippen LogP) is 4.99. The largest absolute Gasteiger partial charge is 0.330 e. The summed E-state index contributed by atoms with van der Waals surface area (Å²) in [4.78, 5) is 7.33. The highest BCUT2D eigenvalue weighted by Crippen LogP contribution is 2.33. The summed E-state index contributed by atoms with van der Waals surface area (Å²) in [5, 5.41) is 0. The average Bonchev–Trinajstić information content (AvgIpc) is 2.86. The van der Waals surface area contributed by atoms with Crippen LogP contribution in [0.25, 0.3) is 22.5 Å². The van der Waals surface area contributed by atoms with E-state index in [9.17, 15) is 4.39 Å². The van der Waals surface area contributed by atoms with Crippen molar-refractivity contribution in [2.45, 2.75) is 19.9 Å². The molecule has 3 nitrogen and oxygen atoms in total. The van der Waals surface area contributed by atoms with Crippen LogP contribution in [0.3, 0.4) is 0 Å². The minimum Gasteiger partial charge on any atom is -0.330 e. The van der Waals surface area contributed by atoms with Crippen molar-refractivity contribution in [2.75, 3.05) is 0 Å². The molecule has 112 valence electrons. The van der Waals surface area contributed by atoms with Crippen molar-refractivity contribution >= 4 is 12.2 Å². The highest BCUT2D eigenvalue weighted by molar-refractivity contribution is 7.71. The van der Waals surface area contributed by atoms with Crippen LogP contribution in [0.4, 0.5) is 4.39 Å². The quantitative estimate of drug-likeness (QED) is 0.691. The molecule has 0 bridgehead atoms. The number of benzene rings is 1. The molecule has 0 saturated carbocycles. The van der Waals surface area contributed by atoms with E-state index in [1.54, 1.807) is 24.5 Å². The number of nitrogens with zero attached hydrogens (tertiary/aromatic N) is 2. The Morgan fingerprint density at radius 2 is 1.68 bits per heavy atom. The number of aromatic nitrogens is 3. The standard InChI is InChI=1S/C17H16FN3S/c1-11(2)21-16(13-7-9-19-10-8-13)15(20-17(21)22)12-3-5-14(18)6-4-12/h3-11H,1-2H3,(H,20,22). The van der Waals surface area contributed by atoms with Gasteiger partial charge in [-0.3, -0.25) is 4.98 Å². The summed E-state index contributed by atoms with van der Waals surface area (Å²) < 4.78 is 15.9. The maximum absolute atomic E-state index is 13.2. The van der Waals surface area contributed by atoms with Gasteiger partial charge in [-0.25, -0.2) is 4.39 Å². The second kappa shape index (κ2) is 5.85. The summed E-state index contributed by atoms with van der Waals surface area (Å²) >= 11 is 5.48. The van der Waals surface area contributed by atoms with Gasteiger partial charge in [-0.05, 0) is 62.5 Å². The molecule has 2 aromatic heterocycles. The first kappa shape index (κ1) is 14.7. The molecule has 0 amide bonds. The molecule has 1 N–H and O–H groups in total. The molecule has 0 radical (unpaired) electrons. The molecule has 0 aliphatic carbocycles. The summed E-state index contributed by atoms with van der Waals surface area (Å²) in [5.74, 6) is -0.254. The summed E-state index contributed by atoms with van der Waals surface area (Å²) in [6.45, 7) is 4.17. The Balaban J connectivity index is 2.29. The number of hydrogen-bond donors (Lipinski definition) is 1. The van der Waals surface area contributed by atoms with Gasteiger partial charge in [-0.15, -0.1) is 0 Å². The van der Waals surface area contributed by atoms with Gasteiger partial charge >= 0.3 is 0 Å². The lowest BCUT2D eigenvalue weighted by molar-refractivity contribution is 0.598. The van der Waals surface area contributed by atoms with Gasteiger partial charge in [-0.2, -0.15) is 0 Å². The van der Waals surface area contributed by atoms with Gasteiger partial charge in [0.1, 0.15) is 5.82 Å². The van der Waals surface area contributed by atoms with E-state index in [0.29, 0.717) is 4.77 Å². The maximum atomic E-state index is 13.2. The van der Waals surface area contributed by atoms with E-state index < -0.39 is 0 Å². The van der Waals surface area contributed by atoms with Crippen LogP contribution in [-0.4, -0.2) is 14.5 Å². The van der Waals surface area contributed by atoms with E-state index in [-0.39, 0.29) is 11.9 Å². The molecule has 22 heavy (non-hydrogen) atoms. The van der Waals surface area contributed by atoms with Crippen LogP contribution >= 0.6 is 12.2 Å². The number of nitrogens with one attached hydrogen (secondary N) is 1. The van der Waals surface area contributed by atoms with Crippen LogP contribution in [0, 0.1) is 10.6 Å². The topological polar surface area (TPSA) is 33.6 Å². The summed E-state index contributed by atoms with van der Waals surface area (Å²) in [5.41, 5.74) is 3.81. The highest BCUT2D eigenvalue weighted by Gasteiger charge is 2.17. The maximum Gasteiger partial charge on any atom is 0.178 e. The third kappa shape index (κ3) is 2.60. The number of aromatic amines is 1. The van der Waals surface area contributed by atoms with Gasteiger partial charge in [0, 0.05) is 29.6 Å². The Kier molecular flexibility index (Phi) is 3.90. The normalized spacial score (nSPS) is 11.1. The van der Waals surface area contributed by atoms with Crippen LogP contribution in [0.2, 0.25) is 0 Å². The Labute approximate surface area is 133 Å². The van der Waals surface area contributed by atoms with Gasteiger partial charge in [0.25, 0.3) is 0 Å². The molecule has 5 heteroatoms. The molecular formula is C17H16FN3S. The average molecular weight is 313 g/mol. The van der Waals surface area contributed by atoms with Crippen molar-refractivity contribution in [3.8, 4) is 22.5 Å². The number of rotatable bonds is 3. The van der Waals surface area contributed by atoms with E-state index in [4.69, 9.17) is 12.2 Å². The van der Waals surface area contributed by atoms with Crippen LogP contribution in [0.5, 0.6) is 0 Å². The van der Waals surface area contributed by atoms with Crippen molar-refractivity contribution in [3.05, 3.63) is 59.4 Å². The van der Waals surface area contributed by atoms with Gasteiger partial charge in [0.15, 0.2) is 4.77 Å². The number of pyridine rings is 1. The first-order valence-corrected chi connectivity index (χ1v) is 7.49. The lowest BCUT2D eigenvalue weighted by Crippen LogP contribution is -2.03. The number of imidazole rings is 1. The van der Waals surface area contributed by atoms with Crippen LogP contribution in [-0.2, 0) is 0 Å². The van der Waals surface area contributed by atoms with Crippen molar-refractivity contribution in [1.82, 2.24) is 14.5 Å². The minimum atomic E-state index is -0.254. The van der Waals surface area contributed by atoms with E-state index in [1.165, 1.54) is 12.1 Å². The zero-order valence-electron chi connectivity index (χ0n) is 12.4. The third-order valence-electron chi connectivity index (χ3n) is 3.53. The van der Waals surface area contributed by atoms with E-state index in [1.807, 2.05) is 12.1 Å². The fourth-order valence-electron chi connectivity index (χ4n) is 2.56. The monoisotopic (exact) mass is 313 g/mol. The fourth-order valence-corrected chi connectivity index (χ4v) is 2.96. The molecule has 0 atom stereocenters. The first-order valence-electron chi connectivity index (χ1n) is 7.09. The van der Waals surface area contributed by atoms with Crippen molar-refractivity contribution < 1.29 is 4.39 Å². The SMILES string of the molecule is CC(C)n1c(-c2ccncc2)c(-c2ccc(F)cc2)[nH]c1=S. The second-order valence-electron chi connectivity index (χ2n) is 5.36. The summed E-state index contributed by atoms with van der Waals surface area (Å²) in [7, 11) is 0. The Morgan fingerprint density at radius 1 is 1.05 bits per heavy atom. The Morgan fingerprint density at radius 3 is 2.27 bits per heavy atom. The van der Waals surface area contributed by atoms with Crippen molar-refractivity contribution in [2.24, 2.45) is 0 Å². The molecule has 1 aromatic carbocycles. The smallest absolute Gasteiger partial charge is 0.178 e. The molecule has 3 aromatic rings. The minimum absolute atomic E-state index is 0.209. The zero-order valence-corrected chi connectivity index (χ0v) is 13.2. The zero-order chi connectivity index (χ0) is 15.7. The van der Waals surface area contributed by atoms with Crippen molar-refractivity contribution in [3.63, 3.8) is 0 Å². The molecule has 0 aliphatic rings. The first-order chi connectivity index (χ1) is 10.6.